The number of amides is 1. The van der Waals surface area contributed by atoms with Crippen LogP contribution >= 0.6 is 0 Å². The molecule has 1 saturated heterocycles. The second kappa shape index (κ2) is 12.7. The summed E-state index contributed by atoms with van der Waals surface area (Å²) in [6.07, 6.45) is 4.30. The molecule has 0 aliphatic carbocycles. The maximum atomic E-state index is 13.1. The van der Waals surface area contributed by atoms with E-state index in [0.717, 1.165) is 58.7 Å². The molecule has 1 aromatic heterocycles. The van der Waals surface area contributed by atoms with E-state index in [0.29, 0.717) is 12.2 Å². The van der Waals surface area contributed by atoms with Gasteiger partial charge >= 0.3 is 0 Å². The van der Waals surface area contributed by atoms with E-state index in [1.165, 1.54) is 12.8 Å². The number of rotatable bonds is 10. The second-order valence-corrected chi connectivity index (χ2v) is 11.6. The summed E-state index contributed by atoms with van der Waals surface area (Å²) in [6.45, 7) is 9.41. The molecule has 9 heteroatoms. The maximum absolute atomic E-state index is 13.1. The molecule has 1 unspecified atom stereocenters. The number of methoxy groups -OCH3 is 1. The molecule has 1 aliphatic rings. The van der Waals surface area contributed by atoms with E-state index in [-0.39, 0.29) is 12.3 Å². The zero-order valence-electron chi connectivity index (χ0n) is 22.8. The van der Waals surface area contributed by atoms with Crippen LogP contribution in [0.15, 0.2) is 29.3 Å². The van der Waals surface area contributed by atoms with Crippen molar-refractivity contribution in [2.75, 3.05) is 64.6 Å². The lowest BCUT2D eigenvalue weighted by atomic mass is 9.96. The highest BCUT2D eigenvalue weighted by molar-refractivity contribution is 7.82. The molecule has 2 heterocycles. The van der Waals surface area contributed by atoms with Crippen LogP contribution in [0.2, 0.25) is 0 Å². The average Bonchev–Trinajstić information content (AvgIpc) is 2.82. The number of carbonyl (C=O) groups is 1. The maximum Gasteiger partial charge on any atom is 0.225 e. The van der Waals surface area contributed by atoms with Crippen molar-refractivity contribution in [2.45, 2.75) is 44.9 Å². The quantitative estimate of drug-likeness (QED) is 0.519. The third-order valence-corrected chi connectivity index (χ3v) is 8.39. The van der Waals surface area contributed by atoms with Crippen LogP contribution in [0.25, 0.3) is 0 Å². The summed E-state index contributed by atoms with van der Waals surface area (Å²) < 4.78 is 20.1. The number of nitrogens with one attached hydrogen (secondary N) is 1. The minimum Gasteiger partial charge on any atom is -0.497 e. The Bertz CT molecular complexity index is 1060. The van der Waals surface area contributed by atoms with Gasteiger partial charge in [0.25, 0.3) is 0 Å². The lowest BCUT2D eigenvalue weighted by molar-refractivity contribution is -0.116. The Morgan fingerprint density at radius 3 is 2.31 bits per heavy atom. The van der Waals surface area contributed by atoms with Gasteiger partial charge in [-0.25, -0.2) is 13.5 Å². The van der Waals surface area contributed by atoms with E-state index >= 15 is 0 Å². The Balaban J connectivity index is 1.53. The number of benzene rings is 1. The number of anilines is 2. The number of pyridine rings is 1. The third-order valence-electron chi connectivity index (χ3n) is 6.65. The van der Waals surface area contributed by atoms with Crippen LogP contribution in [0.5, 0.6) is 5.75 Å². The smallest absolute Gasteiger partial charge is 0.225 e. The molecule has 1 aliphatic heterocycles. The minimum absolute atomic E-state index is 0.125. The van der Waals surface area contributed by atoms with E-state index in [1.54, 1.807) is 24.7 Å². The van der Waals surface area contributed by atoms with Gasteiger partial charge in [-0.05, 0) is 88.5 Å². The molecule has 0 bridgehead atoms. The summed E-state index contributed by atoms with van der Waals surface area (Å²) in [4.78, 5) is 22.7. The molecule has 1 aromatic carbocycles. The summed E-state index contributed by atoms with van der Waals surface area (Å²) in [5.41, 5.74) is 3.56. The summed E-state index contributed by atoms with van der Waals surface area (Å²) in [7, 11) is 6.29. The number of nitrogens with zero attached hydrogens (tertiary/aromatic N) is 4. The van der Waals surface area contributed by atoms with Crippen LogP contribution in [0.4, 0.5) is 11.5 Å². The largest absolute Gasteiger partial charge is 0.497 e. The predicted octanol–water partition coefficient (Wildman–Crippen LogP) is 3.78. The summed E-state index contributed by atoms with van der Waals surface area (Å²) in [6, 6.07) is 5.75. The topological polar surface area (TPSA) is 78.0 Å². The molecule has 8 nitrogen and oxygen atoms in total. The molecular weight excluding hydrogens is 474 g/mol. The monoisotopic (exact) mass is 515 g/mol. The van der Waals surface area contributed by atoms with Gasteiger partial charge in [0.15, 0.2) is 0 Å². The number of carbonyl (C=O) groups excluding carboxylic acids is 1. The van der Waals surface area contributed by atoms with Crippen LogP contribution in [0.3, 0.4) is 0 Å². The molecule has 1 amide bonds. The Labute approximate surface area is 218 Å². The lowest BCUT2D eigenvalue weighted by Crippen LogP contribution is -2.37. The van der Waals surface area contributed by atoms with Crippen molar-refractivity contribution >= 4 is 28.4 Å². The highest BCUT2D eigenvalue weighted by Crippen LogP contribution is 2.27. The number of piperidine rings is 1. The molecule has 0 radical (unpaired) electrons. The van der Waals surface area contributed by atoms with E-state index in [4.69, 9.17) is 4.74 Å². The van der Waals surface area contributed by atoms with Crippen molar-refractivity contribution in [2.24, 2.45) is 5.92 Å². The fraction of sp³-hybridized carbons (Fsp3) is 0.556. The molecule has 3 rings (SSSR count). The third kappa shape index (κ3) is 7.27. The van der Waals surface area contributed by atoms with Gasteiger partial charge in [0.05, 0.1) is 23.9 Å². The SMILES string of the molecule is COc1cc(C)c(S(=O)N(C)CCC(=O)Nc2cnc(N3CCC(CN(C)C)CC3)c(C)c2)c(C)c1. The number of ether oxygens (including phenoxy) is 1. The van der Waals surface area contributed by atoms with Gasteiger partial charge in [0, 0.05) is 39.6 Å². The Hall–Kier alpha value is -2.49. The fourth-order valence-electron chi connectivity index (χ4n) is 4.84. The van der Waals surface area contributed by atoms with Crippen molar-refractivity contribution < 1.29 is 13.7 Å². The molecule has 1 N–H and O–H groups in total. The van der Waals surface area contributed by atoms with Gasteiger partial charge < -0.3 is 19.9 Å². The van der Waals surface area contributed by atoms with Crippen LogP contribution in [-0.4, -0.2) is 78.7 Å². The standard InChI is InChI=1S/C27H41N5O3S/c1-19-15-24(35-7)16-20(2)26(19)36(34)31(6)11-10-25(33)29-23-14-21(3)27(28-17-23)32-12-8-22(9-13-32)18-30(4)5/h14-17,22H,8-13,18H2,1-7H3,(H,29,33). The first-order valence-electron chi connectivity index (χ1n) is 12.5. The number of hydrogen-bond donors (Lipinski definition) is 1. The van der Waals surface area contributed by atoms with Crippen LogP contribution in [0.1, 0.15) is 36.0 Å². The van der Waals surface area contributed by atoms with Gasteiger partial charge in [-0.2, -0.15) is 0 Å². The first-order chi connectivity index (χ1) is 17.1. The molecule has 0 spiro atoms. The van der Waals surface area contributed by atoms with Gasteiger partial charge in [0.2, 0.25) is 5.91 Å². The zero-order chi connectivity index (χ0) is 26.4. The Morgan fingerprint density at radius 1 is 1.11 bits per heavy atom. The van der Waals surface area contributed by atoms with Gasteiger partial charge in [-0.1, -0.05) is 0 Å². The van der Waals surface area contributed by atoms with E-state index in [9.17, 15) is 9.00 Å². The zero-order valence-corrected chi connectivity index (χ0v) is 23.6. The van der Waals surface area contributed by atoms with Gasteiger partial charge in [0.1, 0.15) is 22.6 Å². The van der Waals surface area contributed by atoms with E-state index < -0.39 is 11.0 Å². The van der Waals surface area contributed by atoms with Crippen molar-refractivity contribution in [3.8, 4) is 5.75 Å². The summed E-state index contributed by atoms with van der Waals surface area (Å²) in [5.74, 6) is 2.36. The number of hydrogen-bond acceptors (Lipinski definition) is 6. The van der Waals surface area contributed by atoms with Gasteiger partial charge in [-0.3, -0.25) is 4.79 Å². The first-order valence-corrected chi connectivity index (χ1v) is 13.6. The second-order valence-electron chi connectivity index (χ2n) is 10.0. The normalized spacial score (nSPS) is 15.4. The fourth-order valence-corrected chi connectivity index (χ4v) is 6.07. The van der Waals surface area contributed by atoms with Crippen LogP contribution < -0.4 is 15.0 Å². The molecule has 198 valence electrons. The molecule has 0 saturated carbocycles. The molecule has 2 aromatic rings. The Morgan fingerprint density at radius 2 is 1.75 bits per heavy atom. The van der Waals surface area contributed by atoms with E-state index in [1.807, 2.05) is 39.0 Å². The van der Waals surface area contributed by atoms with Crippen molar-refractivity contribution in [1.29, 1.82) is 0 Å². The number of aromatic nitrogens is 1. The molecule has 36 heavy (non-hydrogen) atoms. The molecular formula is C27H41N5O3S. The van der Waals surface area contributed by atoms with Crippen molar-refractivity contribution in [1.82, 2.24) is 14.2 Å². The lowest BCUT2D eigenvalue weighted by Gasteiger charge is -2.34. The first kappa shape index (κ1) is 28.1. The van der Waals surface area contributed by atoms with Crippen LogP contribution in [-0.2, 0) is 15.8 Å². The summed E-state index contributed by atoms with van der Waals surface area (Å²) in [5, 5.41) is 2.95. The Kier molecular flexibility index (Phi) is 9.87. The van der Waals surface area contributed by atoms with Crippen molar-refractivity contribution in [3.05, 3.63) is 41.1 Å². The highest BCUT2D eigenvalue weighted by Gasteiger charge is 2.22. The number of aryl methyl sites for hydroxylation is 3. The minimum atomic E-state index is -1.36. The average molecular weight is 516 g/mol. The van der Waals surface area contributed by atoms with Gasteiger partial charge in [-0.15, -0.1) is 0 Å². The summed E-state index contributed by atoms with van der Waals surface area (Å²) >= 11 is 0. The highest BCUT2D eigenvalue weighted by atomic mass is 32.2. The van der Waals surface area contributed by atoms with Crippen LogP contribution in [0, 0.1) is 26.7 Å². The van der Waals surface area contributed by atoms with E-state index in [2.05, 4.69) is 34.2 Å². The molecule has 1 atom stereocenters. The van der Waals surface area contributed by atoms with Crippen molar-refractivity contribution in [3.63, 3.8) is 0 Å². The molecule has 1 fully saturated rings. The predicted molar refractivity (Wildman–Crippen MR) is 147 cm³/mol.